The van der Waals surface area contributed by atoms with Gasteiger partial charge in [0.1, 0.15) is 0 Å². The lowest BCUT2D eigenvalue weighted by atomic mass is 10.0. The number of aromatic nitrogens is 2. The van der Waals surface area contributed by atoms with Crippen molar-refractivity contribution >= 4 is 11.3 Å². The highest BCUT2D eigenvalue weighted by atomic mass is 32.1. The van der Waals surface area contributed by atoms with Gasteiger partial charge in [-0.05, 0) is 31.4 Å². The van der Waals surface area contributed by atoms with Gasteiger partial charge in [0.15, 0.2) is 5.82 Å². The topological polar surface area (TPSA) is 45.8 Å². The summed E-state index contributed by atoms with van der Waals surface area (Å²) in [6, 6.07) is 5.84. The van der Waals surface area contributed by atoms with Crippen LogP contribution in [0.5, 0.6) is 0 Å². The first-order valence-electron chi connectivity index (χ1n) is 6.96. The first-order valence-corrected chi connectivity index (χ1v) is 7.78. The monoisotopic (exact) mass is 274 g/mol. The Hall–Kier alpha value is -1.42. The highest BCUT2D eigenvalue weighted by molar-refractivity contribution is 7.15. The molecular weight excluding hydrogens is 256 g/mol. The van der Waals surface area contributed by atoms with E-state index in [0.717, 1.165) is 22.8 Å². The van der Waals surface area contributed by atoms with E-state index in [0.29, 0.717) is 5.92 Å². The smallest absolute Gasteiger partial charge is 0.251 e. The van der Waals surface area contributed by atoms with Crippen LogP contribution in [0.4, 0.5) is 0 Å². The lowest BCUT2D eigenvalue weighted by molar-refractivity contribution is 0.693. The van der Waals surface area contributed by atoms with Crippen LogP contribution in [-0.4, -0.2) is 9.97 Å². The van der Waals surface area contributed by atoms with Crippen LogP contribution in [0.15, 0.2) is 23.0 Å². The second-order valence-corrected chi connectivity index (χ2v) is 6.29. The van der Waals surface area contributed by atoms with Crippen molar-refractivity contribution in [1.29, 1.82) is 0 Å². The van der Waals surface area contributed by atoms with E-state index in [1.807, 2.05) is 0 Å². The number of hydrogen-bond donors (Lipinski definition) is 1. The van der Waals surface area contributed by atoms with Crippen LogP contribution in [0.25, 0.3) is 10.7 Å². The fourth-order valence-electron chi connectivity index (χ4n) is 2.72. The molecule has 0 atom stereocenters. The largest absolute Gasteiger partial charge is 0.306 e. The molecule has 0 bridgehead atoms. The molecule has 0 aromatic carbocycles. The summed E-state index contributed by atoms with van der Waals surface area (Å²) in [4.78, 5) is 21.8. The molecule has 2 heterocycles. The maximum atomic E-state index is 11.8. The van der Waals surface area contributed by atoms with Gasteiger partial charge in [0.2, 0.25) is 0 Å². The van der Waals surface area contributed by atoms with Crippen molar-refractivity contribution in [3.05, 3.63) is 39.1 Å². The minimum Gasteiger partial charge on any atom is -0.306 e. The lowest BCUT2D eigenvalue weighted by Gasteiger charge is -2.08. The van der Waals surface area contributed by atoms with E-state index in [4.69, 9.17) is 0 Å². The van der Waals surface area contributed by atoms with Gasteiger partial charge in [-0.15, -0.1) is 11.3 Å². The number of aryl methyl sites for hydroxylation is 1. The molecule has 3 nitrogen and oxygen atoms in total. The zero-order chi connectivity index (χ0) is 13.2. The molecule has 1 N–H and O–H groups in total. The number of nitrogens with one attached hydrogen (secondary N) is 1. The Bertz CT molecular complexity index is 623. The maximum absolute atomic E-state index is 11.8. The zero-order valence-corrected chi connectivity index (χ0v) is 11.9. The van der Waals surface area contributed by atoms with E-state index in [-0.39, 0.29) is 5.56 Å². The predicted octanol–water partition coefficient (Wildman–Crippen LogP) is 3.72. The Balaban J connectivity index is 1.99. The van der Waals surface area contributed by atoms with E-state index < -0.39 is 0 Å². The minimum absolute atomic E-state index is 0.0293. The number of H-pyrrole nitrogens is 1. The number of hydrogen-bond acceptors (Lipinski definition) is 3. The third-order valence-corrected chi connectivity index (χ3v) is 5.01. The van der Waals surface area contributed by atoms with Gasteiger partial charge in [0.05, 0.1) is 10.6 Å². The molecule has 0 unspecified atom stereocenters. The molecule has 1 aliphatic carbocycles. The van der Waals surface area contributed by atoms with E-state index in [1.165, 1.54) is 30.6 Å². The Kier molecular flexibility index (Phi) is 3.51. The van der Waals surface area contributed by atoms with Crippen molar-refractivity contribution in [3.63, 3.8) is 0 Å². The molecule has 1 aliphatic rings. The third-order valence-electron chi connectivity index (χ3n) is 3.78. The first-order chi connectivity index (χ1) is 9.26. The Morgan fingerprint density at radius 2 is 2.16 bits per heavy atom. The van der Waals surface area contributed by atoms with Crippen LogP contribution in [0, 0.1) is 0 Å². The zero-order valence-electron chi connectivity index (χ0n) is 11.1. The van der Waals surface area contributed by atoms with Gasteiger partial charge in [0, 0.05) is 16.9 Å². The van der Waals surface area contributed by atoms with E-state index in [1.54, 1.807) is 17.4 Å². The van der Waals surface area contributed by atoms with Gasteiger partial charge in [-0.2, -0.15) is 0 Å². The summed E-state index contributed by atoms with van der Waals surface area (Å²) in [5.74, 6) is 1.21. The standard InChI is InChI=1S/C15H18N2OS/c1-2-11-7-8-13(19-11)15-16-12(9-14(18)17-15)10-5-3-4-6-10/h7-10H,2-6H2,1H3,(H,16,17,18). The Morgan fingerprint density at radius 3 is 2.84 bits per heavy atom. The fourth-order valence-corrected chi connectivity index (χ4v) is 3.61. The Morgan fingerprint density at radius 1 is 1.37 bits per heavy atom. The predicted molar refractivity (Wildman–Crippen MR) is 78.8 cm³/mol. The van der Waals surface area contributed by atoms with Gasteiger partial charge in [0.25, 0.3) is 5.56 Å². The molecule has 2 aromatic heterocycles. The van der Waals surface area contributed by atoms with Crippen molar-refractivity contribution in [3.8, 4) is 10.7 Å². The van der Waals surface area contributed by atoms with Crippen LogP contribution in [-0.2, 0) is 6.42 Å². The van der Waals surface area contributed by atoms with Gasteiger partial charge in [-0.25, -0.2) is 4.98 Å². The van der Waals surface area contributed by atoms with E-state index >= 15 is 0 Å². The van der Waals surface area contributed by atoms with Crippen LogP contribution >= 0.6 is 11.3 Å². The summed E-state index contributed by atoms with van der Waals surface area (Å²) in [7, 11) is 0. The summed E-state index contributed by atoms with van der Waals surface area (Å²) in [5.41, 5.74) is 0.945. The van der Waals surface area contributed by atoms with Crippen LogP contribution < -0.4 is 5.56 Å². The number of aromatic amines is 1. The molecule has 4 heteroatoms. The average molecular weight is 274 g/mol. The van der Waals surface area contributed by atoms with Gasteiger partial charge < -0.3 is 4.98 Å². The van der Waals surface area contributed by atoms with Crippen LogP contribution in [0.2, 0.25) is 0 Å². The van der Waals surface area contributed by atoms with Crippen molar-refractivity contribution < 1.29 is 0 Å². The average Bonchev–Trinajstić information content (AvgIpc) is 3.09. The molecule has 0 saturated heterocycles. The fraction of sp³-hybridized carbons (Fsp3) is 0.467. The van der Waals surface area contributed by atoms with Gasteiger partial charge >= 0.3 is 0 Å². The normalized spacial score (nSPS) is 16.1. The SMILES string of the molecule is CCc1ccc(-c2nc(C3CCCC3)cc(=O)[nH]2)s1. The van der Waals surface area contributed by atoms with Crippen LogP contribution in [0.3, 0.4) is 0 Å². The highest BCUT2D eigenvalue weighted by Crippen LogP contribution is 2.33. The first kappa shape index (κ1) is 12.6. The molecule has 0 radical (unpaired) electrons. The molecule has 100 valence electrons. The van der Waals surface area contributed by atoms with E-state index in [9.17, 15) is 4.79 Å². The number of thiophene rings is 1. The van der Waals surface area contributed by atoms with Gasteiger partial charge in [-0.3, -0.25) is 4.79 Å². The molecule has 0 amide bonds. The van der Waals surface area contributed by atoms with Crippen molar-refractivity contribution in [2.45, 2.75) is 44.9 Å². The summed E-state index contributed by atoms with van der Waals surface area (Å²) in [5, 5.41) is 0. The van der Waals surface area contributed by atoms with Crippen molar-refractivity contribution in [2.75, 3.05) is 0 Å². The van der Waals surface area contributed by atoms with E-state index in [2.05, 4.69) is 29.0 Å². The maximum Gasteiger partial charge on any atom is 0.251 e. The summed E-state index contributed by atoms with van der Waals surface area (Å²) in [6.07, 6.45) is 5.87. The van der Waals surface area contributed by atoms with Crippen molar-refractivity contribution in [2.24, 2.45) is 0 Å². The molecule has 0 aliphatic heterocycles. The summed E-state index contributed by atoms with van der Waals surface area (Å²) < 4.78 is 0. The molecule has 2 aromatic rings. The lowest BCUT2D eigenvalue weighted by Crippen LogP contribution is -2.11. The van der Waals surface area contributed by atoms with Crippen LogP contribution in [0.1, 0.15) is 49.1 Å². The molecule has 3 rings (SSSR count). The highest BCUT2D eigenvalue weighted by Gasteiger charge is 2.19. The second-order valence-electron chi connectivity index (χ2n) is 5.12. The Labute approximate surface area is 116 Å². The molecule has 0 spiro atoms. The number of nitrogens with zero attached hydrogens (tertiary/aromatic N) is 1. The quantitative estimate of drug-likeness (QED) is 0.927. The van der Waals surface area contributed by atoms with Gasteiger partial charge in [-0.1, -0.05) is 19.8 Å². The molecule has 1 saturated carbocycles. The third kappa shape index (κ3) is 2.63. The molecule has 1 fully saturated rings. The molecule has 19 heavy (non-hydrogen) atoms. The summed E-state index contributed by atoms with van der Waals surface area (Å²) in [6.45, 7) is 2.14. The molecular formula is C15H18N2OS. The van der Waals surface area contributed by atoms with Crippen molar-refractivity contribution in [1.82, 2.24) is 9.97 Å². The number of rotatable bonds is 3. The minimum atomic E-state index is -0.0293. The summed E-state index contributed by atoms with van der Waals surface area (Å²) >= 11 is 1.71. The second kappa shape index (κ2) is 5.29.